The number of aromatic carboxylic acids is 1. The van der Waals surface area contributed by atoms with E-state index in [0.717, 1.165) is 30.9 Å². The molecule has 0 amide bonds. The van der Waals surface area contributed by atoms with Gasteiger partial charge in [-0.1, -0.05) is 6.92 Å². The van der Waals surface area contributed by atoms with Gasteiger partial charge in [-0.2, -0.15) is 0 Å². The lowest BCUT2D eigenvalue weighted by atomic mass is 9.94. The first-order chi connectivity index (χ1) is 10.9. The van der Waals surface area contributed by atoms with Crippen LogP contribution in [-0.2, 0) is 13.0 Å². The number of carboxylic acids is 1. The molecule has 122 valence electrons. The van der Waals surface area contributed by atoms with E-state index in [4.69, 9.17) is 0 Å². The number of imidazole rings is 1. The Bertz CT molecular complexity index is 863. The van der Waals surface area contributed by atoms with Crippen molar-refractivity contribution in [1.82, 2.24) is 14.5 Å². The molecule has 0 fully saturated rings. The van der Waals surface area contributed by atoms with E-state index >= 15 is 0 Å². The van der Waals surface area contributed by atoms with Crippen molar-refractivity contribution >= 4 is 5.97 Å². The molecule has 1 aliphatic rings. The number of fused-ring (bicyclic) bond motifs is 3. The minimum absolute atomic E-state index is 0.0836. The SMILES string of the molecule is CCn1c(C)nc2c1CC[C@H](C)c1c-2[nH]c(=O)c(C(=O)O)c1O. The van der Waals surface area contributed by atoms with Crippen molar-refractivity contribution in [3.05, 3.63) is 33.0 Å². The number of hydrogen-bond acceptors (Lipinski definition) is 4. The Morgan fingerprint density at radius 1 is 1.48 bits per heavy atom. The molecule has 2 aromatic rings. The van der Waals surface area contributed by atoms with E-state index in [1.165, 1.54) is 0 Å². The molecule has 2 aromatic heterocycles. The number of rotatable bonds is 2. The standard InChI is InChI=1S/C16H19N3O4/c1-4-19-8(3)17-12-9(19)6-5-7(2)10-13(12)18-15(21)11(14(10)20)16(22)23/h7H,4-6H2,1-3H3,(H,22,23)(H2,18,20,21)/t7-/m0/s1. The Kier molecular flexibility index (Phi) is 3.50. The van der Waals surface area contributed by atoms with Gasteiger partial charge in [0.1, 0.15) is 17.3 Å². The van der Waals surface area contributed by atoms with Gasteiger partial charge in [-0.25, -0.2) is 9.78 Å². The molecule has 0 spiro atoms. The number of H-pyrrole nitrogens is 1. The maximum Gasteiger partial charge on any atom is 0.345 e. The van der Waals surface area contributed by atoms with Crippen molar-refractivity contribution in [2.24, 2.45) is 0 Å². The van der Waals surface area contributed by atoms with Gasteiger partial charge in [-0.3, -0.25) is 4.79 Å². The Morgan fingerprint density at radius 3 is 2.78 bits per heavy atom. The first-order valence-corrected chi connectivity index (χ1v) is 7.65. The molecule has 0 saturated carbocycles. The van der Waals surface area contributed by atoms with Gasteiger partial charge in [0, 0.05) is 17.8 Å². The largest absolute Gasteiger partial charge is 0.506 e. The summed E-state index contributed by atoms with van der Waals surface area (Å²) in [7, 11) is 0. The first kappa shape index (κ1) is 15.3. The molecule has 2 heterocycles. The third kappa shape index (κ3) is 2.15. The summed E-state index contributed by atoms with van der Waals surface area (Å²) in [6, 6.07) is 0. The lowest BCUT2D eigenvalue weighted by molar-refractivity contribution is 0.0691. The number of pyridine rings is 1. The Balaban J connectivity index is 2.39. The van der Waals surface area contributed by atoms with E-state index in [1.54, 1.807) is 0 Å². The zero-order valence-electron chi connectivity index (χ0n) is 13.3. The highest BCUT2D eigenvalue weighted by Gasteiger charge is 2.31. The van der Waals surface area contributed by atoms with Gasteiger partial charge in [0.05, 0.1) is 5.69 Å². The second-order valence-electron chi connectivity index (χ2n) is 5.91. The summed E-state index contributed by atoms with van der Waals surface area (Å²) in [6.45, 7) is 6.60. The average Bonchev–Trinajstić information content (AvgIpc) is 2.72. The number of nitrogens with one attached hydrogen (secondary N) is 1. The summed E-state index contributed by atoms with van der Waals surface area (Å²) < 4.78 is 2.08. The molecule has 0 aliphatic heterocycles. The van der Waals surface area contributed by atoms with Crippen LogP contribution < -0.4 is 5.56 Å². The van der Waals surface area contributed by atoms with Crippen LogP contribution in [0, 0.1) is 6.92 Å². The smallest absolute Gasteiger partial charge is 0.345 e. The molecule has 0 aromatic carbocycles. The lowest BCUT2D eigenvalue weighted by Gasteiger charge is -2.15. The molecule has 7 nitrogen and oxygen atoms in total. The summed E-state index contributed by atoms with van der Waals surface area (Å²) in [4.78, 5) is 30.6. The van der Waals surface area contributed by atoms with Crippen molar-refractivity contribution < 1.29 is 15.0 Å². The van der Waals surface area contributed by atoms with Crippen LogP contribution in [0.5, 0.6) is 5.75 Å². The molecule has 0 bridgehead atoms. The Morgan fingerprint density at radius 2 is 2.17 bits per heavy atom. The topological polar surface area (TPSA) is 108 Å². The third-order valence-corrected chi connectivity index (χ3v) is 4.56. The summed E-state index contributed by atoms with van der Waals surface area (Å²) in [5.41, 5.74) is 1.12. The average molecular weight is 317 g/mol. The highest BCUT2D eigenvalue weighted by Crippen LogP contribution is 2.41. The number of carboxylic acid groups (broad SMARTS) is 1. The van der Waals surface area contributed by atoms with Crippen molar-refractivity contribution in [3.8, 4) is 17.1 Å². The summed E-state index contributed by atoms with van der Waals surface area (Å²) in [5.74, 6) is -1.13. The second-order valence-corrected chi connectivity index (χ2v) is 5.91. The normalized spacial score (nSPS) is 16.6. The molecule has 0 unspecified atom stereocenters. The number of aromatic nitrogens is 3. The van der Waals surface area contributed by atoms with Crippen molar-refractivity contribution in [2.45, 2.75) is 46.1 Å². The van der Waals surface area contributed by atoms with E-state index in [9.17, 15) is 19.8 Å². The fraction of sp³-hybridized carbons (Fsp3) is 0.438. The van der Waals surface area contributed by atoms with Crippen molar-refractivity contribution in [1.29, 1.82) is 0 Å². The molecule has 23 heavy (non-hydrogen) atoms. The van der Waals surface area contributed by atoms with Gasteiger partial charge in [0.25, 0.3) is 5.56 Å². The van der Waals surface area contributed by atoms with Crippen molar-refractivity contribution in [2.75, 3.05) is 0 Å². The molecule has 7 heteroatoms. The second kappa shape index (κ2) is 5.26. The zero-order valence-corrected chi connectivity index (χ0v) is 13.3. The number of nitrogens with zero attached hydrogens (tertiary/aromatic N) is 2. The molecular formula is C16H19N3O4. The van der Waals surface area contributed by atoms with Crippen LogP contribution in [0.15, 0.2) is 4.79 Å². The molecule has 3 rings (SSSR count). The van der Waals surface area contributed by atoms with Gasteiger partial charge in [-0.05, 0) is 32.6 Å². The van der Waals surface area contributed by atoms with Gasteiger partial charge < -0.3 is 19.8 Å². The van der Waals surface area contributed by atoms with E-state index in [1.807, 2.05) is 20.8 Å². The predicted octanol–water partition coefficient (Wildman–Crippen LogP) is 2.02. The molecule has 0 radical (unpaired) electrons. The minimum atomic E-state index is -1.43. The maximum atomic E-state index is 12.1. The highest BCUT2D eigenvalue weighted by molar-refractivity contribution is 5.92. The van der Waals surface area contributed by atoms with Gasteiger partial charge in [0.15, 0.2) is 5.56 Å². The van der Waals surface area contributed by atoms with Crippen LogP contribution in [0.3, 0.4) is 0 Å². The van der Waals surface area contributed by atoms with Crippen LogP contribution >= 0.6 is 0 Å². The fourth-order valence-corrected chi connectivity index (χ4v) is 3.45. The van der Waals surface area contributed by atoms with Gasteiger partial charge in [-0.15, -0.1) is 0 Å². The molecule has 0 saturated heterocycles. The number of hydrogen-bond donors (Lipinski definition) is 3. The van der Waals surface area contributed by atoms with Crippen LogP contribution in [0.2, 0.25) is 0 Å². The van der Waals surface area contributed by atoms with E-state index in [2.05, 4.69) is 14.5 Å². The predicted molar refractivity (Wildman–Crippen MR) is 84.1 cm³/mol. The van der Waals surface area contributed by atoms with E-state index in [0.29, 0.717) is 17.0 Å². The number of aromatic amines is 1. The number of aryl methyl sites for hydroxylation is 1. The third-order valence-electron chi connectivity index (χ3n) is 4.56. The molecule has 1 aliphatic carbocycles. The monoisotopic (exact) mass is 317 g/mol. The molecular weight excluding hydrogens is 298 g/mol. The number of carbonyl (C=O) groups is 1. The van der Waals surface area contributed by atoms with E-state index in [-0.39, 0.29) is 5.92 Å². The summed E-state index contributed by atoms with van der Waals surface area (Å²) in [5, 5.41) is 19.6. The molecule has 3 N–H and O–H groups in total. The lowest BCUT2D eigenvalue weighted by Crippen LogP contribution is -2.20. The molecule has 1 atom stereocenters. The Hall–Kier alpha value is -2.57. The van der Waals surface area contributed by atoms with Gasteiger partial charge >= 0.3 is 5.97 Å². The van der Waals surface area contributed by atoms with Crippen LogP contribution in [0.4, 0.5) is 0 Å². The van der Waals surface area contributed by atoms with Crippen LogP contribution in [-0.4, -0.2) is 30.7 Å². The van der Waals surface area contributed by atoms with Crippen LogP contribution in [0.25, 0.3) is 11.4 Å². The van der Waals surface area contributed by atoms with E-state index < -0.39 is 22.8 Å². The first-order valence-electron chi connectivity index (χ1n) is 7.65. The highest BCUT2D eigenvalue weighted by atomic mass is 16.4. The quantitative estimate of drug-likeness (QED) is 0.785. The van der Waals surface area contributed by atoms with Crippen LogP contribution in [0.1, 0.15) is 53.6 Å². The fourth-order valence-electron chi connectivity index (χ4n) is 3.45. The van der Waals surface area contributed by atoms with Gasteiger partial charge in [0.2, 0.25) is 0 Å². The summed E-state index contributed by atoms with van der Waals surface area (Å²) >= 11 is 0. The number of aromatic hydroxyl groups is 1. The minimum Gasteiger partial charge on any atom is -0.506 e. The zero-order chi connectivity index (χ0) is 16.9. The Labute approximate surface area is 132 Å². The summed E-state index contributed by atoms with van der Waals surface area (Å²) in [6.07, 6.45) is 1.49. The maximum absolute atomic E-state index is 12.1. The van der Waals surface area contributed by atoms with Crippen molar-refractivity contribution in [3.63, 3.8) is 0 Å².